The average molecular weight is 564 g/mol. The highest BCUT2D eigenvalue weighted by molar-refractivity contribution is 7.92. The van der Waals surface area contributed by atoms with Crippen molar-refractivity contribution in [1.29, 1.82) is 0 Å². The van der Waals surface area contributed by atoms with Crippen LogP contribution in [-0.4, -0.2) is 50.5 Å². The van der Waals surface area contributed by atoms with Crippen LogP contribution in [0.3, 0.4) is 0 Å². The third-order valence-electron chi connectivity index (χ3n) is 6.79. The van der Waals surface area contributed by atoms with Crippen molar-refractivity contribution in [3.8, 4) is 0 Å². The van der Waals surface area contributed by atoms with E-state index in [-0.39, 0.29) is 31.3 Å². The van der Waals surface area contributed by atoms with Crippen LogP contribution >= 0.6 is 0 Å². The van der Waals surface area contributed by atoms with E-state index in [1.165, 1.54) is 10.6 Å². The molecule has 40 heavy (non-hydrogen) atoms. The summed E-state index contributed by atoms with van der Waals surface area (Å²) in [5.74, 6) is -0.378. The number of nitrogens with one attached hydrogen (secondary N) is 1. The molecule has 0 radical (unpaired) electrons. The van der Waals surface area contributed by atoms with Crippen molar-refractivity contribution >= 4 is 27.5 Å². The lowest BCUT2D eigenvalue weighted by Crippen LogP contribution is -2.50. The Labute approximate surface area is 239 Å². The third-order valence-corrected chi connectivity index (χ3v) is 7.97. The minimum Gasteiger partial charge on any atom is -0.354 e. The molecule has 3 aromatic rings. The largest absolute Gasteiger partial charge is 0.354 e. The lowest BCUT2D eigenvalue weighted by molar-refractivity contribution is -0.141. The van der Waals surface area contributed by atoms with Crippen molar-refractivity contribution in [2.75, 3.05) is 23.7 Å². The number of carbonyl (C=O) groups is 2. The van der Waals surface area contributed by atoms with Gasteiger partial charge in [0.15, 0.2) is 0 Å². The first-order valence-electron chi connectivity index (χ1n) is 13.8. The summed E-state index contributed by atoms with van der Waals surface area (Å²) in [5, 5.41) is 2.99. The number of sulfonamides is 1. The number of benzene rings is 3. The first-order chi connectivity index (χ1) is 19.1. The second kappa shape index (κ2) is 14.7. The maximum Gasteiger partial charge on any atom is 0.243 e. The molecule has 1 N–H and O–H groups in total. The van der Waals surface area contributed by atoms with Crippen LogP contribution in [0.2, 0.25) is 0 Å². The molecule has 3 aromatic carbocycles. The molecule has 0 spiro atoms. The SMILES string of the molecule is CCCNC(=O)C(Cc1ccccc1)N(Cc1cccc(C)c1)C(=O)CCCN(c1ccccc1C)S(C)(=O)=O. The van der Waals surface area contributed by atoms with Crippen LogP contribution in [0.25, 0.3) is 0 Å². The summed E-state index contributed by atoms with van der Waals surface area (Å²) in [6.45, 7) is 6.83. The van der Waals surface area contributed by atoms with Gasteiger partial charge in [-0.2, -0.15) is 0 Å². The molecule has 1 atom stereocenters. The molecule has 0 aromatic heterocycles. The second-order valence-electron chi connectivity index (χ2n) is 10.2. The molecule has 0 saturated carbocycles. The smallest absolute Gasteiger partial charge is 0.243 e. The fourth-order valence-electron chi connectivity index (χ4n) is 4.75. The van der Waals surface area contributed by atoms with Crippen LogP contribution < -0.4 is 9.62 Å². The van der Waals surface area contributed by atoms with E-state index in [9.17, 15) is 18.0 Å². The minimum atomic E-state index is -3.55. The van der Waals surface area contributed by atoms with Crippen LogP contribution in [0.15, 0.2) is 78.9 Å². The van der Waals surface area contributed by atoms with Crippen molar-refractivity contribution in [1.82, 2.24) is 10.2 Å². The third kappa shape index (κ3) is 8.95. The molecule has 0 aliphatic heterocycles. The number of hydrogen-bond acceptors (Lipinski definition) is 4. The first kappa shape index (κ1) is 30.9. The van der Waals surface area contributed by atoms with Crippen molar-refractivity contribution in [3.63, 3.8) is 0 Å². The van der Waals surface area contributed by atoms with E-state index in [2.05, 4.69) is 5.32 Å². The van der Waals surface area contributed by atoms with Gasteiger partial charge >= 0.3 is 0 Å². The first-order valence-corrected chi connectivity index (χ1v) is 15.6. The van der Waals surface area contributed by atoms with Gasteiger partial charge in [-0.15, -0.1) is 0 Å². The van der Waals surface area contributed by atoms with Gasteiger partial charge in [0.05, 0.1) is 11.9 Å². The van der Waals surface area contributed by atoms with Crippen molar-refractivity contribution in [3.05, 3.63) is 101 Å². The zero-order chi connectivity index (χ0) is 29.1. The van der Waals surface area contributed by atoms with E-state index >= 15 is 0 Å². The van der Waals surface area contributed by atoms with Crippen molar-refractivity contribution in [2.45, 2.75) is 59.0 Å². The van der Waals surface area contributed by atoms with Gasteiger partial charge in [-0.3, -0.25) is 13.9 Å². The quantitative estimate of drug-likeness (QED) is 0.299. The van der Waals surface area contributed by atoms with Gasteiger partial charge in [0.1, 0.15) is 6.04 Å². The lowest BCUT2D eigenvalue weighted by Gasteiger charge is -2.32. The maximum atomic E-state index is 13.9. The summed E-state index contributed by atoms with van der Waals surface area (Å²) in [5.41, 5.74) is 4.42. The normalized spacial score (nSPS) is 12.0. The van der Waals surface area contributed by atoms with E-state index in [1.54, 1.807) is 17.0 Å². The number of carbonyl (C=O) groups excluding carboxylic acids is 2. The number of amides is 2. The molecule has 0 aliphatic rings. The highest BCUT2D eigenvalue weighted by atomic mass is 32.2. The van der Waals surface area contributed by atoms with E-state index in [4.69, 9.17) is 0 Å². The number of anilines is 1. The molecular formula is C32H41N3O4S. The van der Waals surface area contributed by atoms with Crippen LogP contribution in [0, 0.1) is 13.8 Å². The Balaban J connectivity index is 1.88. The molecule has 8 heteroatoms. The summed E-state index contributed by atoms with van der Waals surface area (Å²) < 4.78 is 26.6. The maximum absolute atomic E-state index is 13.9. The number of aryl methyl sites for hydroxylation is 2. The predicted molar refractivity (Wildman–Crippen MR) is 162 cm³/mol. The summed E-state index contributed by atoms with van der Waals surface area (Å²) in [7, 11) is -3.55. The second-order valence-corrected chi connectivity index (χ2v) is 12.1. The number of para-hydroxylation sites is 1. The fourth-order valence-corrected chi connectivity index (χ4v) is 5.78. The summed E-state index contributed by atoms with van der Waals surface area (Å²) in [6, 6.07) is 24.2. The standard InChI is InChI=1S/C32H41N3O4S/c1-5-20-33-32(37)30(23-27-15-7-6-8-16-27)34(24-28-17-11-13-25(2)22-28)31(36)19-12-21-35(40(4,38)39)29-18-10-9-14-26(29)3/h6-11,13-18,22,30H,5,12,19-21,23-24H2,1-4H3,(H,33,37). The van der Waals surface area contributed by atoms with Gasteiger partial charge in [0.2, 0.25) is 21.8 Å². The van der Waals surface area contributed by atoms with Gasteiger partial charge in [0, 0.05) is 32.5 Å². The molecule has 0 bridgehead atoms. The molecule has 0 fully saturated rings. The van der Waals surface area contributed by atoms with Gasteiger partial charge in [-0.25, -0.2) is 8.42 Å². The topological polar surface area (TPSA) is 86.8 Å². The highest BCUT2D eigenvalue weighted by Gasteiger charge is 2.30. The Kier molecular flexibility index (Phi) is 11.3. The Morgan fingerprint density at radius 2 is 1.57 bits per heavy atom. The van der Waals surface area contributed by atoms with Crippen LogP contribution in [0.1, 0.15) is 48.4 Å². The van der Waals surface area contributed by atoms with Gasteiger partial charge in [-0.1, -0.05) is 85.3 Å². The Morgan fingerprint density at radius 3 is 2.23 bits per heavy atom. The molecule has 0 aliphatic carbocycles. The molecular weight excluding hydrogens is 522 g/mol. The fraction of sp³-hybridized carbons (Fsp3) is 0.375. The zero-order valence-electron chi connectivity index (χ0n) is 24.0. The van der Waals surface area contributed by atoms with E-state index in [1.807, 2.05) is 87.5 Å². The minimum absolute atomic E-state index is 0.107. The molecule has 2 amide bonds. The average Bonchev–Trinajstić information content (AvgIpc) is 2.92. The van der Waals surface area contributed by atoms with Crippen molar-refractivity contribution in [2.24, 2.45) is 0 Å². The summed E-state index contributed by atoms with van der Waals surface area (Å²) in [4.78, 5) is 29.0. The van der Waals surface area contributed by atoms with Crippen molar-refractivity contribution < 1.29 is 18.0 Å². The molecule has 3 rings (SSSR count). The number of hydrogen-bond donors (Lipinski definition) is 1. The van der Waals surface area contributed by atoms with E-state index < -0.39 is 16.1 Å². The Hall–Kier alpha value is -3.65. The lowest BCUT2D eigenvalue weighted by atomic mass is 10.0. The van der Waals surface area contributed by atoms with Gasteiger partial charge in [0.25, 0.3) is 0 Å². The summed E-state index contributed by atoms with van der Waals surface area (Å²) in [6.07, 6.45) is 2.77. The number of nitrogens with zero attached hydrogens (tertiary/aromatic N) is 2. The predicted octanol–water partition coefficient (Wildman–Crippen LogP) is 5.02. The van der Waals surface area contributed by atoms with Crippen LogP contribution in [0.5, 0.6) is 0 Å². The molecule has 7 nitrogen and oxygen atoms in total. The molecule has 1 unspecified atom stereocenters. The Bertz CT molecular complexity index is 1380. The van der Waals surface area contributed by atoms with Gasteiger partial charge in [-0.05, 0) is 49.4 Å². The van der Waals surface area contributed by atoms with E-state index in [0.717, 1.165) is 28.7 Å². The van der Waals surface area contributed by atoms with E-state index in [0.29, 0.717) is 25.1 Å². The molecule has 0 saturated heterocycles. The monoisotopic (exact) mass is 563 g/mol. The number of rotatable bonds is 14. The molecule has 214 valence electrons. The zero-order valence-corrected chi connectivity index (χ0v) is 24.8. The molecule has 0 heterocycles. The Morgan fingerprint density at radius 1 is 0.900 bits per heavy atom. The van der Waals surface area contributed by atoms with Gasteiger partial charge < -0.3 is 10.2 Å². The summed E-state index contributed by atoms with van der Waals surface area (Å²) >= 11 is 0. The highest BCUT2D eigenvalue weighted by Crippen LogP contribution is 2.23. The van der Waals surface area contributed by atoms with Crippen LogP contribution in [0.4, 0.5) is 5.69 Å². The van der Waals surface area contributed by atoms with Crippen LogP contribution in [-0.2, 0) is 32.6 Å².